The molecule has 0 spiro atoms. The van der Waals surface area contributed by atoms with Gasteiger partial charge < -0.3 is 19.0 Å². The van der Waals surface area contributed by atoms with Gasteiger partial charge in [-0.05, 0) is 79.2 Å². The van der Waals surface area contributed by atoms with Crippen LogP contribution >= 0.6 is 0 Å². The predicted molar refractivity (Wildman–Crippen MR) is 175 cm³/mol. The highest BCUT2D eigenvalue weighted by Gasteiger charge is 2.39. The molecular weight excluding hydrogens is 542 g/mol. The van der Waals surface area contributed by atoms with Crippen molar-refractivity contribution < 1.29 is 23.8 Å². The van der Waals surface area contributed by atoms with Gasteiger partial charge in [0, 0.05) is 17.8 Å². The first-order chi connectivity index (χ1) is 20.0. The van der Waals surface area contributed by atoms with Gasteiger partial charge in [-0.3, -0.25) is 4.99 Å². The molecule has 3 aromatic rings. The first-order valence-electron chi connectivity index (χ1n) is 15.1. The van der Waals surface area contributed by atoms with E-state index in [-0.39, 0.29) is 16.4 Å². The monoisotopic (exact) mass is 589 g/mol. The Morgan fingerprint density at radius 2 is 1.52 bits per heavy atom. The largest absolute Gasteiger partial charge is 0.543 e. The van der Waals surface area contributed by atoms with Crippen molar-refractivity contribution in [3.05, 3.63) is 77.9 Å². The number of rotatable bonds is 15. The van der Waals surface area contributed by atoms with Gasteiger partial charge >= 0.3 is 5.97 Å². The standard InChI is InChI=1S/C35H47NO5Si/c1-7-8-9-10-11-12-13-23-39-30-21-19-29(20-22-30)36-26-28-18-17-27(24-33(28)37)34(38)40-31-15-14-16-32(25-31)41-42(5,6)35(2,3)4/h14-22,24-26,37H,7-13,23H2,1-6H3. The minimum atomic E-state index is -2.03. The van der Waals surface area contributed by atoms with Crippen molar-refractivity contribution in [3.8, 4) is 23.0 Å². The number of carbonyl (C=O) groups is 1. The molecule has 0 saturated heterocycles. The smallest absolute Gasteiger partial charge is 0.343 e. The molecule has 3 rings (SSSR count). The lowest BCUT2D eigenvalue weighted by Crippen LogP contribution is -2.43. The van der Waals surface area contributed by atoms with E-state index >= 15 is 0 Å². The van der Waals surface area contributed by atoms with E-state index in [1.54, 1.807) is 36.5 Å². The molecule has 226 valence electrons. The molecule has 0 aromatic heterocycles. The summed E-state index contributed by atoms with van der Waals surface area (Å²) < 4.78 is 17.8. The summed E-state index contributed by atoms with van der Waals surface area (Å²) in [6.45, 7) is 13.8. The minimum absolute atomic E-state index is 0.0484. The molecule has 0 bridgehead atoms. The second-order valence-corrected chi connectivity index (χ2v) is 16.9. The maximum Gasteiger partial charge on any atom is 0.343 e. The molecule has 7 heteroatoms. The molecule has 0 radical (unpaired) electrons. The molecule has 42 heavy (non-hydrogen) atoms. The molecular formula is C35H47NO5Si. The van der Waals surface area contributed by atoms with Gasteiger partial charge in [0.25, 0.3) is 0 Å². The normalized spacial score (nSPS) is 12.0. The molecule has 0 fully saturated rings. The number of phenols is 1. The summed E-state index contributed by atoms with van der Waals surface area (Å²) in [7, 11) is -2.03. The van der Waals surface area contributed by atoms with Gasteiger partial charge in [-0.2, -0.15) is 0 Å². The van der Waals surface area contributed by atoms with Crippen molar-refractivity contribution in [1.29, 1.82) is 0 Å². The fourth-order valence-electron chi connectivity index (χ4n) is 4.02. The van der Waals surface area contributed by atoms with Gasteiger partial charge in [-0.1, -0.05) is 72.3 Å². The lowest BCUT2D eigenvalue weighted by atomic mass is 10.1. The van der Waals surface area contributed by atoms with E-state index in [4.69, 9.17) is 13.9 Å². The molecule has 0 saturated carbocycles. The number of unbranched alkanes of at least 4 members (excludes halogenated alkanes) is 6. The van der Waals surface area contributed by atoms with Crippen LogP contribution in [0.4, 0.5) is 5.69 Å². The van der Waals surface area contributed by atoms with E-state index in [1.165, 1.54) is 44.6 Å². The molecule has 0 aliphatic heterocycles. The van der Waals surface area contributed by atoms with E-state index in [0.717, 1.165) is 24.5 Å². The maximum absolute atomic E-state index is 12.8. The number of hydrogen-bond donors (Lipinski definition) is 1. The first kappa shape index (κ1) is 32.9. The van der Waals surface area contributed by atoms with Crippen LogP contribution in [0.2, 0.25) is 18.1 Å². The van der Waals surface area contributed by atoms with Crippen molar-refractivity contribution in [3.63, 3.8) is 0 Å². The molecule has 0 amide bonds. The summed E-state index contributed by atoms with van der Waals surface area (Å²) in [5.74, 6) is 1.26. The zero-order chi connectivity index (χ0) is 30.6. The van der Waals surface area contributed by atoms with Gasteiger partial charge in [0.15, 0.2) is 0 Å². The fourth-order valence-corrected chi connectivity index (χ4v) is 5.04. The van der Waals surface area contributed by atoms with Crippen LogP contribution < -0.4 is 13.9 Å². The Kier molecular flexibility index (Phi) is 12.2. The summed E-state index contributed by atoms with van der Waals surface area (Å²) in [6, 6.07) is 19.3. The third kappa shape index (κ3) is 10.4. The van der Waals surface area contributed by atoms with Gasteiger partial charge in [-0.15, -0.1) is 0 Å². The van der Waals surface area contributed by atoms with Gasteiger partial charge in [-0.25, -0.2) is 4.79 Å². The quantitative estimate of drug-likeness (QED) is 0.0627. The van der Waals surface area contributed by atoms with Crippen molar-refractivity contribution in [1.82, 2.24) is 0 Å². The maximum atomic E-state index is 12.8. The van der Waals surface area contributed by atoms with E-state index in [9.17, 15) is 9.90 Å². The Morgan fingerprint density at radius 3 is 2.19 bits per heavy atom. The molecule has 6 nitrogen and oxygen atoms in total. The molecule has 0 atom stereocenters. The zero-order valence-electron chi connectivity index (χ0n) is 26.1. The predicted octanol–water partition coefficient (Wildman–Crippen LogP) is 9.88. The van der Waals surface area contributed by atoms with Crippen LogP contribution in [0.25, 0.3) is 0 Å². The third-order valence-electron chi connectivity index (χ3n) is 7.67. The molecule has 1 N–H and O–H groups in total. The van der Waals surface area contributed by atoms with E-state index in [0.29, 0.717) is 17.1 Å². The summed E-state index contributed by atoms with van der Waals surface area (Å²) in [5.41, 5.74) is 1.47. The fraction of sp³-hybridized carbons (Fsp3) is 0.429. The Morgan fingerprint density at radius 1 is 0.857 bits per heavy atom. The van der Waals surface area contributed by atoms with Crippen LogP contribution in [0.1, 0.15) is 88.6 Å². The number of phenolic OH excluding ortho intramolecular Hbond substituents is 1. The first-order valence-corrected chi connectivity index (χ1v) is 18.0. The van der Waals surface area contributed by atoms with Crippen LogP contribution in [0.5, 0.6) is 23.0 Å². The van der Waals surface area contributed by atoms with Crippen LogP contribution in [0, 0.1) is 0 Å². The second-order valence-electron chi connectivity index (χ2n) is 12.2. The van der Waals surface area contributed by atoms with Gasteiger partial charge in [0.2, 0.25) is 8.32 Å². The molecule has 0 aliphatic carbocycles. The Hall–Kier alpha value is -3.58. The third-order valence-corrected chi connectivity index (χ3v) is 12.0. The molecule has 3 aromatic carbocycles. The summed E-state index contributed by atoms with van der Waals surface area (Å²) in [6.07, 6.45) is 10.3. The number of hydrogen-bond acceptors (Lipinski definition) is 6. The Balaban J connectivity index is 1.52. The lowest BCUT2D eigenvalue weighted by molar-refractivity contribution is 0.0734. The zero-order valence-corrected chi connectivity index (χ0v) is 27.1. The van der Waals surface area contributed by atoms with E-state index in [1.807, 2.05) is 30.3 Å². The topological polar surface area (TPSA) is 77.4 Å². The lowest BCUT2D eigenvalue weighted by Gasteiger charge is -2.36. The number of esters is 1. The van der Waals surface area contributed by atoms with Gasteiger partial charge in [0.1, 0.15) is 23.0 Å². The molecule has 0 unspecified atom stereocenters. The van der Waals surface area contributed by atoms with Crippen molar-refractivity contribution in [2.24, 2.45) is 4.99 Å². The molecule has 0 aliphatic rings. The Labute approximate surface area is 252 Å². The van der Waals surface area contributed by atoms with Crippen LogP contribution in [0.3, 0.4) is 0 Å². The summed E-state index contributed by atoms with van der Waals surface area (Å²) in [4.78, 5) is 17.3. The van der Waals surface area contributed by atoms with E-state index < -0.39 is 14.3 Å². The highest BCUT2D eigenvalue weighted by molar-refractivity contribution is 6.74. The van der Waals surface area contributed by atoms with Crippen LogP contribution in [-0.4, -0.2) is 32.2 Å². The summed E-state index contributed by atoms with van der Waals surface area (Å²) >= 11 is 0. The van der Waals surface area contributed by atoms with E-state index in [2.05, 4.69) is 45.8 Å². The average Bonchev–Trinajstić information content (AvgIpc) is 2.94. The van der Waals surface area contributed by atoms with Crippen molar-refractivity contribution in [2.75, 3.05) is 6.61 Å². The number of nitrogens with zero attached hydrogens (tertiary/aromatic N) is 1. The van der Waals surface area contributed by atoms with Crippen LogP contribution in [-0.2, 0) is 0 Å². The number of aliphatic imine (C=N–C) groups is 1. The Bertz CT molecular complexity index is 1310. The number of ether oxygens (including phenoxy) is 2. The highest BCUT2D eigenvalue weighted by Crippen LogP contribution is 2.38. The average molecular weight is 590 g/mol. The van der Waals surface area contributed by atoms with Gasteiger partial charge in [0.05, 0.1) is 17.9 Å². The minimum Gasteiger partial charge on any atom is -0.543 e. The summed E-state index contributed by atoms with van der Waals surface area (Å²) in [5, 5.41) is 10.6. The number of aromatic hydroxyl groups is 1. The second kappa shape index (κ2) is 15.6. The van der Waals surface area contributed by atoms with Crippen molar-refractivity contribution in [2.45, 2.75) is 90.8 Å². The molecule has 0 heterocycles. The highest BCUT2D eigenvalue weighted by atomic mass is 28.4. The number of carbonyl (C=O) groups excluding carboxylic acids is 1. The number of benzene rings is 3. The SMILES string of the molecule is CCCCCCCCCOc1ccc(N=Cc2ccc(C(=O)Oc3cccc(O[Si](C)(C)C(C)(C)C)c3)cc2O)cc1. The van der Waals surface area contributed by atoms with Crippen molar-refractivity contribution >= 4 is 26.2 Å². The van der Waals surface area contributed by atoms with Crippen LogP contribution in [0.15, 0.2) is 71.7 Å².